The highest BCUT2D eigenvalue weighted by atomic mass is 32.2. The Bertz CT molecular complexity index is 1250. The second-order valence-corrected chi connectivity index (χ2v) is 9.59. The van der Waals surface area contributed by atoms with Gasteiger partial charge in [-0.25, -0.2) is 13.1 Å². The van der Waals surface area contributed by atoms with E-state index in [-0.39, 0.29) is 42.0 Å². The summed E-state index contributed by atoms with van der Waals surface area (Å²) in [6.45, 7) is 3.76. The zero-order valence-corrected chi connectivity index (χ0v) is 16.8. The van der Waals surface area contributed by atoms with Gasteiger partial charge in [0.1, 0.15) is 17.1 Å². The predicted octanol–water partition coefficient (Wildman–Crippen LogP) is 0.895. The normalized spacial score (nSPS) is 18.9. The minimum atomic E-state index is -3.06. The van der Waals surface area contributed by atoms with Crippen molar-refractivity contribution >= 4 is 32.4 Å². The van der Waals surface area contributed by atoms with E-state index in [9.17, 15) is 18.0 Å². The molecule has 150 valence electrons. The molecular weight excluding hydrogens is 384 g/mol. The molecule has 1 fully saturated rings. The molecule has 28 heavy (non-hydrogen) atoms. The molecule has 1 amide bonds. The molecule has 0 bridgehead atoms. The molecule has 4 rings (SSSR count). The van der Waals surface area contributed by atoms with Crippen LogP contribution in [-0.4, -0.2) is 58.0 Å². The van der Waals surface area contributed by atoms with E-state index < -0.39 is 9.84 Å². The summed E-state index contributed by atoms with van der Waals surface area (Å²) >= 11 is 0. The highest BCUT2D eigenvalue weighted by Gasteiger charge is 2.32. The van der Waals surface area contributed by atoms with Gasteiger partial charge in [0, 0.05) is 31.6 Å². The van der Waals surface area contributed by atoms with E-state index in [0.29, 0.717) is 23.3 Å². The van der Waals surface area contributed by atoms with Gasteiger partial charge in [-0.3, -0.25) is 14.0 Å². The third-order valence-electron chi connectivity index (χ3n) is 5.34. The molecule has 4 heterocycles. The average Bonchev–Trinajstić information content (AvgIpc) is 3.27. The Hall–Kier alpha value is -2.62. The van der Waals surface area contributed by atoms with Crippen LogP contribution in [0, 0.1) is 13.8 Å². The lowest BCUT2D eigenvalue weighted by Gasteiger charge is -2.23. The molecule has 1 unspecified atom stereocenters. The fourth-order valence-electron chi connectivity index (χ4n) is 3.83. The monoisotopic (exact) mass is 406 g/mol. The SMILES string of the molecule is Cc1cc2c(cc3c(=O)n(CCC(=O)N(C)C4CCS(=O)(=O)C4)nc(C)n32)o1. The van der Waals surface area contributed by atoms with E-state index in [1.54, 1.807) is 24.4 Å². The van der Waals surface area contributed by atoms with Gasteiger partial charge < -0.3 is 9.32 Å². The number of furan rings is 1. The first kappa shape index (κ1) is 18.7. The highest BCUT2D eigenvalue weighted by Crippen LogP contribution is 2.23. The standard InChI is InChI=1S/C18H22N4O5S/c1-11-8-14-16(27-11)9-15-18(24)21(19-12(2)22(14)15)6-4-17(23)20(3)13-5-7-28(25,26)10-13/h8-9,13H,4-7,10H2,1-3H3. The summed E-state index contributed by atoms with van der Waals surface area (Å²) in [6, 6.07) is 3.24. The van der Waals surface area contributed by atoms with Crippen molar-refractivity contribution in [1.29, 1.82) is 0 Å². The summed E-state index contributed by atoms with van der Waals surface area (Å²) < 4.78 is 31.9. The van der Waals surface area contributed by atoms with Crippen molar-refractivity contribution < 1.29 is 17.6 Å². The van der Waals surface area contributed by atoms with Gasteiger partial charge in [0.05, 0.1) is 23.6 Å². The van der Waals surface area contributed by atoms with Gasteiger partial charge in [-0.05, 0) is 20.3 Å². The van der Waals surface area contributed by atoms with Crippen molar-refractivity contribution in [2.24, 2.45) is 0 Å². The van der Waals surface area contributed by atoms with Crippen LogP contribution in [0.5, 0.6) is 0 Å². The van der Waals surface area contributed by atoms with Crippen LogP contribution in [-0.2, 0) is 21.2 Å². The molecule has 0 aromatic carbocycles. The number of hydrogen-bond donors (Lipinski definition) is 0. The Morgan fingerprint density at radius 3 is 2.75 bits per heavy atom. The van der Waals surface area contributed by atoms with Gasteiger partial charge in [-0.15, -0.1) is 0 Å². The van der Waals surface area contributed by atoms with Crippen molar-refractivity contribution in [3.63, 3.8) is 0 Å². The lowest BCUT2D eigenvalue weighted by atomic mass is 10.2. The number of nitrogens with zero attached hydrogens (tertiary/aromatic N) is 4. The number of aromatic nitrogens is 3. The molecule has 0 aliphatic carbocycles. The molecule has 10 heteroatoms. The maximum Gasteiger partial charge on any atom is 0.291 e. The molecule has 1 aliphatic heterocycles. The lowest BCUT2D eigenvalue weighted by molar-refractivity contribution is -0.131. The van der Waals surface area contributed by atoms with E-state index in [1.165, 1.54) is 9.58 Å². The number of carbonyl (C=O) groups excluding carboxylic acids is 1. The zero-order valence-electron chi connectivity index (χ0n) is 16.0. The molecule has 0 spiro atoms. The van der Waals surface area contributed by atoms with Gasteiger partial charge in [0.15, 0.2) is 15.4 Å². The third kappa shape index (κ3) is 3.11. The first-order chi connectivity index (χ1) is 13.2. The molecule has 0 saturated carbocycles. The minimum absolute atomic E-state index is 0.00114. The van der Waals surface area contributed by atoms with Gasteiger partial charge in [0.25, 0.3) is 5.56 Å². The summed E-state index contributed by atoms with van der Waals surface area (Å²) in [5, 5.41) is 4.34. The van der Waals surface area contributed by atoms with Gasteiger partial charge in [-0.2, -0.15) is 5.10 Å². The Balaban J connectivity index is 1.56. The average molecular weight is 406 g/mol. The van der Waals surface area contributed by atoms with E-state index in [1.807, 2.05) is 13.0 Å². The number of amides is 1. The van der Waals surface area contributed by atoms with Crippen LogP contribution in [0.15, 0.2) is 21.3 Å². The van der Waals surface area contributed by atoms with E-state index in [0.717, 1.165) is 11.3 Å². The van der Waals surface area contributed by atoms with Crippen LogP contribution in [0.25, 0.3) is 16.6 Å². The number of hydrogen-bond acceptors (Lipinski definition) is 6. The van der Waals surface area contributed by atoms with Crippen LogP contribution >= 0.6 is 0 Å². The summed E-state index contributed by atoms with van der Waals surface area (Å²) in [6.07, 6.45) is 0.530. The smallest absolute Gasteiger partial charge is 0.291 e. The van der Waals surface area contributed by atoms with E-state index in [2.05, 4.69) is 5.10 Å². The zero-order chi connectivity index (χ0) is 20.2. The Kier molecular flexibility index (Phi) is 4.33. The van der Waals surface area contributed by atoms with Crippen molar-refractivity contribution in [2.45, 2.75) is 39.3 Å². The maximum atomic E-state index is 12.8. The topological polar surface area (TPSA) is 107 Å². The fourth-order valence-corrected chi connectivity index (χ4v) is 5.61. The minimum Gasteiger partial charge on any atom is -0.460 e. The summed E-state index contributed by atoms with van der Waals surface area (Å²) in [5.74, 6) is 1.29. The van der Waals surface area contributed by atoms with Crippen molar-refractivity contribution in [1.82, 2.24) is 19.1 Å². The van der Waals surface area contributed by atoms with Crippen LogP contribution in [0.3, 0.4) is 0 Å². The Morgan fingerprint density at radius 1 is 1.32 bits per heavy atom. The summed E-state index contributed by atoms with van der Waals surface area (Å²) in [7, 11) is -1.45. The number of carbonyl (C=O) groups is 1. The maximum absolute atomic E-state index is 12.8. The molecular formula is C18H22N4O5S. The highest BCUT2D eigenvalue weighted by molar-refractivity contribution is 7.91. The second-order valence-electron chi connectivity index (χ2n) is 7.36. The number of sulfone groups is 1. The molecule has 1 saturated heterocycles. The second kappa shape index (κ2) is 6.47. The molecule has 0 radical (unpaired) electrons. The molecule has 3 aromatic heterocycles. The summed E-state index contributed by atoms with van der Waals surface area (Å²) in [5.41, 5.74) is 1.56. The Morgan fingerprint density at radius 2 is 2.07 bits per heavy atom. The van der Waals surface area contributed by atoms with Crippen molar-refractivity contribution in [3.05, 3.63) is 34.1 Å². The first-order valence-corrected chi connectivity index (χ1v) is 10.9. The largest absolute Gasteiger partial charge is 0.460 e. The van der Waals surface area contributed by atoms with Gasteiger partial charge in [-0.1, -0.05) is 0 Å². The molecule has 1 aliphatic rings. The lowest BCUT2D eigenvalue weighted by Crippen LogP contribution is -2.39. The Labute approximate surface area is 161 Å². The first-order valence-electron chi connectivity index (χ1n) is 9.12. The van der Waals surface area contributed by atoms with Crippen molar-refractivity contribution in [2.75, 3.05) is 18.6 Å². The van der Waals surface area contributed by atoms with Crippen molar-refractivity contribution in [3.8, 4) is 0 Å². The molecule has 9 nitrogen and oxygen atoms in total. The van der Waals surface area contributed by atoms with E-state index >= 15 is 0 Å². The number of fused-ring (bicyclic) bond motifs is 3. The molecule has 1 atom stereocenters. The van der Waals surface area contributed by atoms with Crippen LogP contribution in [0.4, 0.5) is 0 Å². The van der Waals surface area contributed by atoms with Crippen LogP contribution in [0.2, 0.25) is 0 Å². The van der Waals surface area contributed by atoms with E-state index in [4.69, 9.17) is 4.42 Å². The number of aryl methyl sites for hydroxylation is 3. The quantitative estimate of drug-likeness (QED) is 0.637. The van der Waals surface area contributed by atoms with Gasteiger partial charge in [0.2, 0.25) is 5.91 Å². The van der Waals surface area contributed by atoms with Crippen LogP contribution in [0.1, 0.15) is 24.4 Å². The van der Waals surface area contributed by atoms with Crippen LogP contribution < -0.4 is 5.56 Å². The molecule has 0 N–H and O–H groups in total. The fraction of sp³-hybridized carbons (Fsp3) is 0.500. The predicted molar refractivity (Wildman–Crippen MR) is 103 cm³/mol. The number of rotatable bonds is 4. The van der Waals surface area contributed by atoms with Gasteiger partial charge >= 0.3 is 0 Å². The molecule has 3 aromatic rings. The summed E-state index contributed by atoms with van der Waals surface area (Å²) in [4.78, 5) is 26.8. The third-order valence-corrected chi connectivity index (χ3v) is 7.09.